The minimum Gasteiger partial charge on any atom is -0.365 e. The molecule has 0 atom stereocenters. The van der Waals surface area contributed by atoms with Crippen LogP contribution in [-0.4, -0.2) is 36.5 Å². The molecule has 2 aliphatic rings. The first kappa shape index (κ1) is 10.4. The number of rotatable bonds is 2. The van der Waals surface area contributed by atoms with Gasteiger partial charge in [0.25, 0.3) is 0 Å². The average molecular weight is 202 g/mol. The van der Waals surface area contributed by atoms with Gasteiger partial charge in [0.15, 0.2) is 11.6 Å². The van der Waals surface area contributed by atoms with E-state index >= 15 is 0 Å². The second-order valence-corrected chi connectivity index (χ2v) is 3.99. The van der Waals surface area contributed by atoms with Gasteiger partial charge in [-0.3, -0.25) is 0 Å². The van der Waals surface area contributed by atoms with Gasteiger partial charge in [-0.25, -0.2) is 0 Å². The van der Waals surface area contributed by atoms with Crippen molar-refractivity contribution < 1.29 is 19.3 Å². The summed E-state index contributed by atoms with van der Waals surface area (Å²) < 4.78 is 16.4. The predicted octanol–water partition coefficient (Wildman–Crippen LogP) is 1.03. The molecule has 1 N–H and O–H groups in total. The van der Waals surface area contributed by atoms with Crippen molar-refractivity contribution in [2.75, 3.05) is 19.8 Å². The van der Waals surface area contributed by atoms with Crippen molar-refractivity contribution in [1.29, 1.82) is 0 Å². The van der Waals surface area contributed by atoms with E-state index in [0.29, 0.717) is 32.7 Å². The summed E-state index contributed by atoms with van der Waals surface area (Å²) in [6.45, 7) is 3.79. The molecule has 1 saturated carbocycles. The third kappa shape index (κ3) is 1.93. The normalized spacial score (nSPS) is 29.6. The fourth-order valence-corrected chi connectivity index (χ4v) is 2.22. The molecule has 2 rings (SSSR count). The fourth-order valence-electron chi connectivity index (χ4n) is 2.22. The van der Waals surface area contributed by atoms with Gasteiger partial charge in [0.05, 0.1) is 13.2 Å². The molecule has 0 unspecified atom stereocenters. The lowest BCUT2D eigenvalue weighted by Gasteiger charge is -2.39. The van der Waals surface area contributed by atoms with E-state index in [1.165, 1.54) is 0 Å². The Kier molecular flexibility index (Phi) is 2.79. The Balaban J connectivity index is 1.90. The Morgan fingerprint density at radius 2 is 1.71 bits per heavy atom. The first-order chi connectivity index (χ1) is 6.68. The Morgan fingerprint density at radius 1 is 1.14 bits per heavy atom. The van der Waals surface area contributed by atoms with Crippen LogP contribution in [0.2, 0.25) is 0 Å². The van der Waals surface area contributed by atoms with Crippen LogP contribution in [0, 0.1) is 0 Å². The number of hydrogen-bond donors (Lipinski definition) is 1. The van der Waals surface area contributed by atoms with Crippen LogP contribution in [0.3, 0.4) is 0 Å². The van der Waals surface area contributed by atoms with Crippen LogP contribution in [0.25, 0.3) is 0 Å². The van der Waals surface area contributed by atoms with Crippen LogP contribution in [0.1, 0.15) is 32.6 Å². The highest BCUT2D eigenvalue weighted by molar-refractivity contribution is 4.86. The van der Waals surface area contributed by atoms with Gasteiger partial charge in [0.1, 0.15) is 0 Å². The van der Waals surface area contributed by atoms with Crippen molar-refractivity contribution >= 4 is 0 Å². The minimum absolute atomic E-state index is 0.413. The maximum absolute atomic E-state index is 9.98. The highest BCUT2D eigenvalue weighted by Gasteiger charge is 2.45. The molecule has 1 spiro atoms. The van der Waals surface area contributed by atoms with Gasteiger partial charge < -0.3 is 19.3 Å². The van der Waals surface area contributed by atoms with E-state index in [2.05, 4.69) is 0 Å². The molecule has 82 valence electrons. The summed E-state index contributed by atoms with van der Waals surface area (Å²) in [4.78, 5) is 0. The highest BCUT2D eigenvalue weighted by Crippen LogP contribution is 2.40. The molecular formula is C10H18O4. The summed E-state index contributed by atoms with van der Waals surface area (Å²) in [6, 6.07) is 0. The van der Waals surface area contributed by atoms with Gasteiger partial charge >= 0.3 is 0 Å². The van der Waals surface area contributed by atoms with Crippen LogP contribution in [0.5, 0.6) is 0 Å². The SMILES string of the molecule is CCOC1(O)CCC2(CC1)OCCO2. The van der Waals surface area contributed by atoms with E-state index < -0.39 is 11.6 Å². The van der Waals surface area contributed by atoms with E-state index in [1.807, 2.05) is 6.92 Å². The number of ether oxygens (including phenoxy) is 3. The summed E-state index contributed by atoms with van der Waals surface area (Å²) in [7, 11) is 0. The molecule has 2 fully saturated rings. The molecule has 0 amide bonds. The molecule has 0 bridgehead atoms. The second kappa shape index (κ2) is 3.77. The molecule has 1 aliphatic carbocycles. The summed E-state index contributed by atoms with van der Waals surface area (Å²) >= 11 is 0. The standard InChI is InChI=1S/C10H18O4/c1-2-12-9(11)3-5-10(6-4-9)13-7-8-14-10/h11H,2-8H2,1H3. The van der Waals surface area contributed by atoms with Crippen molar-refractivity contribution in [3.63, 3.8) is 0 Å². The molecular weight excluding hydrogens is 184 g/mol. The summed E-state index contributed by atoms with van der Waals surface area (Å²) in [6.07, 6.45) is 2.65. The summed E-state index contributed by atoms with van der Waals surface area (Å²) in [5, 5.41) is 9.98. The van der Waals surface area contributed by atoms with E-state index in [0.717, 1.165) is 12.8 Å². The van der Waals surface area contributed by atoms with Gasteiger partial charge in [-0.2, -0.15) is 0 Å². The van der Waals surface area contributed by atoms with Gasteiger partial charge in [0, 0.05) is 32.3 Å². The summed E-state index contributed by atoms with van der Waals surface area (Å²) in [5.41, 5.74) is 0. The van der Waals surface area contributed by atoms with Gasteiger partial charge in [-0.05, 0) is 6.92 Å². The lowest BCUT2D eigenvalue weighted by atomic mass is 9.89. The Morgan fingerprint density at radius 3 is 2.21 bits per heavy atom. The van der Waals surface area contributed by atoms with Gasteiger partial charge in [0.2, 0.25) is 0 Å². The van der Waals surface area contributed by atoms with E-state index in [1.54, 1.807) is 0 Å². The minimum atomic E-state index is -0.949. The zero-order valence-corrected chi connectivity index (χ0v) is 8.62. The molecule has 4 heteroatoms. The van der Waals surface area contributed by atoms with Crippen LogP contribution in [-0.2, 0) is 14.2 Å². The largest absolute Gasteiger partial charge is 0.365 e. The Bertz CT molecular complexity index is 188. The van der Waals surface area contributed by atoms with Crippen LogP contribution >= 0.6 is 0 Å². The molecule has 0 radical (unpaired) electrons. The zero-order chi connectivity index (χ0) is 10.1. The molecule has 1 heterocycles. The van der Waals surface area contributed by atoms with E-state index in [-0.39, 0.29) is 0 Å². The average Bonchev–Trinajstić information content (AvgIpc) is 2.61. The van der Waals surface area contributed by atoms with E-state index in [9.17, 15) is 5.11 Å². The lowest BCUT2D eigenvalue weighted by Crippen LogP contribution is -2.45. The monoisotopic (exact) mass is 202 g/mol. The quantitative estimate of drug-likeness (QED) is 0.679. The predicted molar refractivity (Wildman–Crippen MR) is 49.7 cm³/mol. The van der Waals surface area contributed by atoms with Crippen molar-refractivity contribution in [2.45, 2.75) is 44.2 Å². The molecule has 0 aromatic carbocycles. The first-order valence-corrected chi connectivity index (χ1v) is 5.32. The van der Waals surface area contributed by atoms with Crippen molar-refractivity contribution in [1.82, 2.24) is 0 Å². The van der Waals surface area contributed by atoms with Gasteiger partial charge in [-0.1, -0.05) is 0 Å². The first-order valence-electron chi connectivity index (χ1n) is 5.32. The molecule has 14 heavy (non-hydrogen) atoms. The highest BCUT2D eigenvalue weighted by atomic mass is 16.7. The summed E-state index contributed by atoms with van der Waals surface area (Å²) in [5.74, 6) is -1.36. The van der Waals surface area contributed by atoms with Crippen molar-refractivity contribution in [2.24, 2.45) is 0 Å². The zero-order valence-electron chi connectivity index (χ0n) is 8.62. The fraction of sp³-hybridized carbons (Fsp3) is 1.00. The van der Waals surface area contributed by atoms with Crippen LogP contribution < -0.4 is 0 Å². The number of hydrogen-bond acceptors (Lipinski definition) is 4. The van der Waals surface area contributed by atoms with Crippen LogP contribution in [0.4, 0.5) is 0 Å². The third-order valence-electron chi connectivity index (χ3n) is 3.02. The van der Waals surface area contributed by atoms with Crippen LogP contribution in [0.15, 0.2) is 0 Å². The molecule has 1 aliphatic heterocycles. The van der Waals surface area contributed by atoms with Crippen molar-refractivity contribution in [3.8, 4) is 0 Å². The molecule has 1 saturated heterocycles. The number of aliphatic hydroxyl groups is 1. The van der Waals surface area contributed by atoms with Crippen molar-refractivity contribution in [3.05, 3.63) is 0 Å². The second-order valence-electron chi connectivity index (χ2n) is 3.99. The molecule has 0 aromatic heterocycles. The Hall–Kier alpha value is -0.160. The maximum Gasteiger partial charge on any atom is 0.168 e. The lowest BCUT2D eigenvalue weighted by molar-refractivity contribution is -0.270. The maximum atomic E-state index is 9.98. The smallest absolute Gasteiger partial charge is 0.168 e. The Labute approximate surface area is 84.1 Å². The third-order valence-corrected chi connectivity index (χ3v) is 3.02. The molecule has 0 aromatic rings. The topological polar surface area (TPSA) is 47.9 Å². The molecule has 4 nitrogen and oxygen atoms in total. The van der Waals surface area contributed by atoms with E-state index in [4.69, 9.17) is 14.2 Å². The van der Waals surface area contributed by atoms with Gasteiger partial charge in [-0.15, -0.1) is 0 Å².